The Balaban J connectivity index is 1.53. The second-order valence-electron chi connectivity index (χ2n) is 15.9. The summed E-state index contributed by atoms with van der Waals surface area (Å²) in [4.78, 5) is 25.4. The molecule has 1 unspecified atom stereocenters. The van der Waals surface area contributed by atoms with E-state index in [4.69, 9.17) is 18.9 Å². The van der Waals surface area contributed by atoms with Crippen molar-refractivity contribution in [2.24, 2.45) is 17.3 Å². The SMILES string of the molecule is CO[C@]1(C)C[C@@H](C)CN(C)[C@@H](CCCN2CCc3ccncc3C2)COC(O)C(C)(C)C(=O)[C@H](C)[C@H]1O[C@@H]1O[C@H](C)C[C@H](N(C)C)[C@H]1O. The molecule has 11 heteroatoms. The molecule has 2 N–H and O–H groups in total. The zero-order chi connectivity index (χ0) is 35.4. The Bertz CT molecular complexity index is 1190. The minimum absolute atomic E-state index is 0.0565. The predicted molar refractivity (Wildman–Crippen MR) is 185 cm³/mol. The normalized spacial score (nSPS) is 37.8. The minimum Gasteiger partial charge on any atom is -0.386 e. The van der Waals surface area contributed by atoms with E-state index in [1.165, 1.54) is 11.1 Å². The molecule has 2 fully saturated rings. The van der Waals surface area contributed by atoms with Gasteiger partial charge in [-0.3, -0.25) is 14.7 Å². The van der Waals surface area contributed by atoms with Crippen molar-refractivity contribution in [3.05, 3.63) is 29.6 Å². The Labute approximate surface area is 289 Å². The summed E-state index contributed by atoms with van der Waals surface area (Å²) in [6.07, 6.45) is 4.00. The van der Waals surface area contributed by atoms with Crippen molar-refractivity contribution in [1.82, 2.24) is 19.7 Å². The quantitative estimate of drug-likeness (QED) is 0.423. The van der Waals surface area contributed by atoms with Crippen LogP contribution in [0.4, 0.5) is 0 Å². The number of carbonyl (C=O) groups excluding carboxylic acids is 1. The monoisotopic (exact) mass is 676 g/mol. The maximum Gasteiger partial charge on any atom is 0.185 e. The molecule has 0 saturated carbocycles. The molecule has 48 heavy (non-hydrogen) atoms. The van der Waals surface area contributed by atoms with Crippen molar-refractivity contribution >= 4 is 5.78 Å². The molecule has 4 heterocycles. The van der Waals surface area contributed by atoms with Crippen LogP contribution in [-0.2, 0) is 36.7 Å². The number of aromatic nitrogens is 1. The van der Waals surface area contributed by atoms with Crippen LogP contribution in [0.2, 0.25) is 0 Å². The highest BCUT2D eigenvalue weighted by molar-refractivity contribution is 5.87. The van der Waals surface area contributed by atoms with Crippen LogP contribution < -0.4 is 0 Å². The van der Waals surface area contributed by atoms with Gasteiger partial charge in [0.25, 0.3) is 0 Å². The summed E-state index contributed by atoms with van der Waals surface area (Å²) in [5, 5.41) is 22.8. The highest BCUT2D eigenvalue weighted by Gasteiger charge is 2.51. The topological polar surface area (TPSA) is 117 Å². The second-order valence-corrected chi connectivity index (χ2v) is 15.9. The van der Waals surface area contributed by atoms with Gasteiger partial charge in [0.05, 0.1) is 29.8 Å². The fourth-order valence-corrected chi connectivity index (χ4v) is 8.17. The smallest absolute Gasteiger partial charge is 0.185 e. The lowest BCUT2D eigenvalue weighted by molar-refractivity contribution is -0.296. The molecule has 2 saturated heterocycles. The van der Waals surface area contributed by atoms with Crippen LogP contribution in [0.1, 0.15) is 78.4 Å². The fraction of sp³-hybridized carbons (Fsp3) is 0.838. The Hall–Kier alpha value is -1.54. The number of likely N-dealkylation sites (N-methyl/N-ethyl adjacent to an activating group) is 2. The van der Waals surface area contributed by atoms with E-state index >= 15 is 0 Å². The first-order valence-electron chi connectivity index (χ1n) is 18.0. The van der Waals surface area contributed by atoms with Gasteiger partial charge in [-0.1, -0.05) is 13.8 Å². The molecule has 4 rings (SSSR count). The number of nitrogens with zero attached hydrogens (tertiary/aromatic N) is 4. The molecule has 274 valence electrons. The van der Waals surface area contributed by atoms with Crippen molar-refractivity contribution in [2.75, 3.05) is 54.5 Å². The van der Waals surface area contributed by atoms with E-state index in [1.807, 2.05) is 52.2 Å². The number of methoxy groups -OCH3 is 1. The zero-order valence-corrected chi connectivity index (χ0v) is 31.2. The second kappa shape index (κ2) is 16.7. The van der Waals surface area contributed by atoms with Crippen molar-refractivity contribution in [2.45, 2.75) is 129 Å². The van der Waals surface area contributed by atoms with Crippen LogP contribution in [0.25, 0.3) is 0 Å². The molecule has 0 bridgehead atoms. The lowest BCUT2D eigenvalue weighted by atomic mass is 9.74. The lowest BCUT2D eigenvalue weighted by Gasteiger charge is -2.47. The number of Topliss-reactive ketones (excluding diaryl/α,β-unsaturated/α-hetero) is 1. The summed E-state index contributed by atoms with van der Waals surface area (Å²) in [6.45, 7) is 15.5. The van der Waals surface area contributed by atoms with Gasteiger partial charge in [-0.05, 0) is 111 Å². The third-order valence-electron chi connectivity index (χ3n) is 11.3. The van der Waals surface area contributed by atoms with E-state index in [0.717, 1.165) is 45.4 Å². The maximum atomic E-state index is 14.3. The molecule has 10 atom stereocenters. The van der Waals surface area contributed by atoms with Crippen LogP contribution in [-0.4, -0.2) is 139 Å². The van der Waals surface area contributed by atoms with E-state index in [-0.39, 0.29) is 29.9 Å². The minimum atomic E-state index is -1.31. The molecule has 1 aromatic rings. The maximum absolute atomic E-state index is 14.3. The molecule has 0 amide bonds. The Morgan fingerprint density at radius 3 is 2.56 bits per heavy atom. The van der Waals surface area contributed by atoms with Crippen LogP contribution in [0.5, 0.6) is 0 Å². The van der Waals surface area contributed by atoms with E-state index in [0.29, 0.717) is 19.4 Å². The van der Waals surface area contributed by atoms with Crippen molar-refractivity contribution < 1.29 is 34.0 Å². The first-order valence-corrected chi connectivity index (χ1v) is 18.0. The van der Waals surface area contributed by atoms with Crippen molar-refractivity contribution in [3.8, 4) is 0 Å². The summed E-state index contributed by atoms with van der Waals surface area (Å²) in [6, 6.07) is 2.02. The largest absolute Gasteiger partial charge is 0.386 e. The predicted octanol–water partition coefficient (Wildman–Crippen LogP) is 3.34. The number of aliphatic hydroxyl groups excluding tert-OH is 2. The summed E-state index contributed by atoms with van der Waals surface area (Å²) in [5.41, 5.74) is 0.588. The average Bonchev–Trinajstić information content (AvgIpc) is 3.04. The number of pyridine rings is 1. The zero-order valence-electron chi connectivity index (χ0n) is 31.2. The highest BCUT2D eigenvalue weighted by atomic mass is 16.7. The number of ketones is 1. The Morgan fingerprint density at radius 2 is 1.88 bits per heavy atom. The van der Waals surface area contributed by atoms with Gasteiger partial charge in [-0.2, -0.15) is 0 Å². The molecule has 0 radical (unpaired) electrons. The number of rotatable bonds is 8. The number of hydrogen-bond acceptors (Lipinski definition) is 11. The van der Waals surface area contributed by atoms with E-state index in [9.17, 15) is 15.0 Å². The van der Waals surface area contributed by atoms with Gasteiger partial charge in [0, 0.05) is 57.1 Å². The molecule has 0 spiro atoms. The molecular weight excluding hydrogens is 612 g/mol. The molecule has 11 nitrogen and oxygen atoms in total. The first-order chi connectivity index (χ1) is 22.6. The van der Waals surface area contributed by atoms with Gasteiger partial charge in [0.1, 0.15) is 11.9 Å². The molecule has 3 aliphatic heterocycles. The van der Waals surface area contributed by atoms with Crippen molar-refractivity contribution in [1.29, 1.82) is 0 Å². The van der Waals surface area contributed by atoms with Gasteiger partial charge in [0.15, 0.2) is 12.6 Å². The summed E-state index contributed by atoms with van der Waals surface area (Å²) in [7, 11) is 7.65. The molecule has 0 aliphatic carbocycles. The summed E-state index contributed by atoms with van der Waals surface area (Å²) in [5.74, 6) is -0.714. The Morgan fingerprint density at radius 1 is 1.15 bits per heavy atom. The van der Waals surface area contributed by atoms with Crippen molar-refractivity contribution in [3.63, 3.8) is 0 Å². The molecular formula is C37H64N4O7. The van der Waals surface area contributed by atoms with Crippen LogP contribution in [0.15, 0.2) is 18.5 Å². The standard InChI is InChI=1S/C37H64N4O7/c1-24-19-37(6,45-10)33(48-34-31(42)30(39(7)8)18-25(2)47-34)26(3)32(43)36(4,5)35(44)46-23-29(40(9)21-24)12-11-16-41-17-14-27-13-15-38-20-28(27)22-41/h13,15,20,24-26,29-31,33-35,42,44H,11-12,14,16-19,21-23H2,1-10H3/t24-,25-,26+,29+,30+,31-,33-,34+,35?,37-/m1/s1. The molecule has 1 aromatic heterocycles. The van der Waals surface area contributed by atoms with Gasteiger partial charge < -0.3 is 39.0 Å². The van der Waals surface area contributed by atoms with Crippen LogP contribution >= 0.6 is 0 Å². The van der Waals surface area contributed by atoms with E-state index < -0.39 is 41.7 Å². The molecule has 3 aliphatic rings. The van der Waals surface area contributed by atoms with Gasteiger partial charge in [-0.25, -0.2) is 0 Å². The summed E-state index contributed by atoms with van der Waals surface area (Å²) >= 11 is 0. The highest BCUT2D eigenvalue weighted by Crippen LogP contribution is 2.39. The number of carbonyl (C=O) groups is 1. The Kier molecular flexibility index (Phi) is 13.6. The first kappa shape index (κ1) is 39.2. The average molecular weight is 677 g/mol. The lowest BCUT2D eigenvalue weighted by Crippen LogP contribution is -2.59. The van der Waals surface area contributed by atoms with Gasteiger partial charge >= 0.3 is 0 Å². The van der Waals surface area contributed by atoms with E-state index in [2.05, 4.69) is 34.8 Å². The third kappa shape index (κ3) is 9.22. The van der Waals surface area contributed by atoms with Gasteiger partial charge in [-0.15, -0.1) is 0 Å². The fourth-order valence-electron chi connectivity index (χ4n) is 8.17. The van der Waals surface area contributed by atoms with E-state index in [1.54, 1.807) is 21.0 Å². The number of aliphatic hydroxyl groups is 2. The summed E-state index contributed by atoms with van der Waals surface area (Å²) < 4.78 is 25.3. The van der Waals surface area contributed by atoms with Crippen LogP contribution in [0.3, 0.4) is 0 Å². The molecule has 0 aromatic carbocycles. The number of hydrogen-bond donors (Lipinski definition) is 2. The van der Waals surface area contributed by atoms with Crippen LogP contribution in [0, 0.1) is 17.3 Å². The number of ether oxygens (including phenoxy) is 4. The van der Waals surface area contributed by atoms with Gasteiger partial charge in [0.2, 0.25) is 0 Å². The third-order valence-corrected chi connectivity index (χ3v) is 11.3. The number of fused-ring (bicyclic) bond motifs is 1.